The van der Waals surface area contributed by atoms with Gasteiger partial charge in [0.2, 0.25) is 5.91 Å². The van der Waals surface area contributed by atoms with Crippen molar-refractivity contribution < 1.29 is 4.79 Å². The lowest BCUT2D eigenvalue weighted by Gasteiger charge is -2.36. The van der Waals surface area contributed by atoms with Gasteiger partial charge in [-0.15, -0.1) is 0 Å². The van der Waals surface area contributed by atoms with E-state index in [9.17, 15) is 4.79 Å². The predicted molar refractivity (Wildman–Crippen MR) is 105 cm³/mol. The second-order valence-electron chi connectivity index (χ2n) is 6.92. The number of piperidine rings is 1. The van der Waals surface area contributed by atoms with Crippen LogP contribution < -0.4 is 16.0 Å². The van der Waals surface area contributed by atoms with Gasteiger partial charge in [0, 0.05) is 40.9 Å². The molecule has 1 amide bonds. The predicted octanol–water partition coefficient (Wildman–Crippen LogP) is 3.03. The number of carbonyl (C=O) groups excluding carboxylic acids is 1. The Bertz CT molecular complexity index is 911. The second-order valence-corrected chi connectivity index (χ2v) is 6.92. The zero-order valence-corrected chi connectivity index (χ0v) is 14.7. The first kappa shape index (κ1) is 16.7. The van der Waals surface area contributed by atoms with Gasteiger partial charge in [0.1, 0.15) is 0 Å². The topological polar surface area (TPSA) is 74.2 Å². The lowest BCUT2D eigenvalue weighted by atomic mass is 10.0. The molecule has 2 heterocycles. The fourth-order valence-electron chi connectivity index (χ4n) is 3.79. The molecule has 0 aliphatic carbocycles. The fraction of sp³-hybridized carbons (Fsp3) is 0.286. The molecule has 1 aliphatic heterocycles. The van der Waals surface area contributed by atoms with Gasteiger partial charge in [-0.1, -0.05) is 12.1 Å². The molecule has 0 bridgehead atoms. The molecule has 1 aromatic heterocycles. The number of carbonyl (C=O) groups is 1. The maximum atomic E-state index is 11.5. The van der Waals surface area contributed by atoms with Crippen molar-refractivity contribution in [2.45, 2.75) is 25.4 Å². The summed E-state index contributed by atoms with van der Waals surface area (Å²) in [5.74, 6) is -0.381. The van der Waals surface area contributed by atoms with Crippen LogP contribution in [0.3, 0.4) is 0 Å². The molecule has 1 aliphatic rings. The number of aromatic amines is 1. The Morgan fingerprint density at radius 2 is 1.96 bits per heavy atom. The summed E-state index contributed by atoms with van der Waals surface area (Å²) < 4.78 is 0. The molecule has 1 fully saturated rings. The van der Waals surface area contributed by atoms with E-state index in [1.54, 1.807) is 6.07 Å². The van der Waals surface area contributed by atoms with Crippen molar-refractivity contribution in [1.29, 1.82) is 0 Å². The van der Waals surface area contributed by atoms with Gasteiger partial charge in [-0.25, -0.2) is 0 Å². The number of nitrogens with zero attached hydrogens (tertiary/aromatic N) is 1. The fourth-order valence-corrected chi connectivity index (χ4v) is 3.79. The Labute approximate surface area is 153 Å². The summed E-state index contributed by atoms with van der Waals surface area (Å²) in [5.41, 5.74) is 9.49. The molecule has 0 atom stereocenters. The van der Waals surface area contributed by atoms with Crippen molar-refractivity contribution in [2.24, 2.45) is 5.73 Å². The van der Waals surface area contributed by atoms with Crippen LogP contribution >= 0.6 is 0 Å². The average Bonchev–Trinajstić information content (AvgIpc) is 3.15. The van der Waals surface area contributed by atoms with Crippen LogP contribution in [-0.2, 0) is 6.54 Å². The summed E-state index contributed by atoms with van der Waals surface area (Å²) in [6.45, 7) is 2.84. The number of primary amides is 1. The number of amides is 1. The molecule has 134 valence electrons. The number of nitrogens with two attached hydrogens (primary N) is 1. The summed E-state index contributed by atoms with van der Waals surface area (Å²) in [7, 11) is 0. The monoisotopic (exact) mass is 348 g/mol. The van der Waals surface area contributed by atoms with Gasteiger partial charge in [0.25, 0.3) is 0 Å². The van der Waals surface area contributed by atoms with Crippen LogP contribution in [-0.4, -0.2) is 30.0 Å². The molecule has 5 nitrogen and oxygen atoms in total. The largest absolute Gasteiger partial charge is 0.366 e. The van der Waals surface area contributed by atoms with Gasteiger partial charge in [0.05, 0.1) is 0 Å². The lowest BCUT2D eigenvalue weighted by molar-refractivity contribution is 0.1000. The second kappa shape index (κ2) is 7.22. The first-order chi connectivity index (χ1) is 12.7. The van der Waals surface area contributed by atoms with E-state index in [1.165, 1.54) is 11.1 Å². The van der Waals surface area contributed by atoms with Crippen molar-refractivity contribution in [3.05, 3.63) is 65.9 Å². The Morgan fingerprint density at radius 1 is 1.12 bits per heavy atom. The summed E-state index contributed by atoms with van der Waals surface area (Å²) in [5, 5.41) is 4.66. The number of benzene rings is 2. The maximum absolute atomic E-state index is 11.5. The molecule has 4 N–H and O–H groups in total. The molecule has 26 heavy (non-hydrogen) atoms. The van der Waals surface area contributed by atoms with Gasteiger partial charge < -0.3 is 20.9 Å². The highest BCUT2D eigenvalue weighted by Crippen LogP contribution is 2.27. The smallest absolute Gasteiger partial charge is 0.248 e. The molecule has 0 unspecified atom stereocenters. The van der Waals surface area contributed by atoms with E-state index in [1.807, 2.05) is 18.3 Å². The minimum atomic E-state index is -0.381. The molecule has 4 rings (SSSR count). The zero-order valence-electron chi connectivity index (χ0n) is 14.7. The highest BCUT2D eigenvalue weighted by atomic mass is 16.1. The first-order valence-corrected chi connectivity index (χ1v) is 9.14. The van der Waals surface area contributed by atoms with Crippen LogP contribution in [0.2, 0.25) is 0 Å². The number of nitrogens with one attached hydrogen (secondary N) is 2. The molecular weight excluding hydrogens is 324 g/mol. The summed E-state index contributed by atoms with van der Waals surface area (Å²) in [6.07, 6.45) is 4.20. The number of anilines is 1. The third kappa shape index (κ3) is 3.44. The number of rotatable bonds is 5. The molecular formula is C21H24N4O. The third-order valence-corrected chi connectivity index (χ3v) is 5.18. The molecule has 3 aromatic rings. The van der Waals surface area contributed by atoms with Crippen molar-refractivity contribution in [2.75, 3.05) is 18.0 Å². The van der Waals surface area contributed by atoms with Crippen molar-refractivity contribution in [3.8, 4) is 0 Å². The first-order valence-electron chi connectivity index (χ1n) is 9.14. The van der Waals surface area contributed by atoms with Gasteiger partial charge in [-0.3, -0.25) is 4.79 Å². The Morgan fingerprint density at radius 3 is 2.77 bits per heavy atom. The van der Waals surface area contributed by atoms with Gasteiger partial charge in [0.15, 0.2) is 0 Å². The lowest BCUT2D eigenvalue weighted by Crippen LogP contribution is -2.43. The SMILES string of the molecule is NC(=O)c1cccc(CN(c2ccc3[nH]ccc3c2)C2CCNCC2)c1. The van der Waals surface area contributed by atoms with Gasteiger partial charge in [-0.2, -0.15) is 0 Å². The quantitative estimate of drug-likeness (QED) is 0.663. The highest BCUT2D eigenvalue weighted by Gasteiger charge is 2.22. The summed E-state index contributed by atoms with van der Waals surface area (Å²) in [6, 6.07) is 16.8. The van der Waals surface area contributed by atoms with E-state index in [4.69, 9.17) is 5.73 Å². The average molecular weight is 348 g/mol. The van der Waals surface area contributed by atoms with Crippen LogP contribution in [0.4, 0.5) is 5.69 Å². The summed E-state index contributed by atoms with van der Waals surface area (Å²) >= 11 is 0. The molecule has 0 saturated carbocycles. The number of hydrogen-bond acceptors (Lipinski definition) is 3. The van der Waals surface area contributed by atoms with Crippen LogP contribution in [0.25, 0.3) is 10.9 Å². The summed E-state index contributed by atoms with van der Waals surface area (Å²) in [4.78, 5) is 17.2. The van der Waals surface area contributed by atoms with Crippen LogP contribution in [0.1, 0.15) is 28.8 Å². The normalized spacial score (nSPS) is 15.2. The van der Waals surface area contributed by atoms with E-state index < -0.39 is 0 Å². The highest BCUT2D eigenvalue weighted by molar-refractivity contribution is 5.92. The van der Waals surface area contributed by atoms with Crippen LogP contribution in [0.5, 0.6) is 0 Å². The Hall–Kier alpha value is -2.79. The van der Waals surface area contributed by atoms with Crippen molar-refractivity contribution in [3.63, 3.8) is 0 Å². The van der Waals surface area contributed by atoms with Gasteiger partial charge >= 0.3 is 0 Å². The van der Waals surface area contributed by atoms with Crippen LogP contribution in [0, 0.1) is 0 Å². The van der Waals surface area contributed by atoms with E-state index in [0.29, 0.717) is 11.6 Å². The third-order valence-electron chi connectivity index (χ3n) is 5.18. The molecule has 1 saturated heterocycles. The van der Waals surface area contributed by atoms with E-state index in [2.05, 4.69) is 45.5 Å². The van der Waals surface area contributed by atoms with Crippen LogP contribution in [0.15, 0.2) is 54.7 Å². The van der Waals surface area contributed by atoms with Crippen molar-refractivity contribution >= 4 is 22.5 Å². The maximum Gasteiger partial charge on any atom is 0.248 e. The standard InChI is InChI=1S/C21H24N4O/c22-21(26)17-3-1-2-15(12-17)14-25(18-7-9-23-10-8-18)19-4-5-20-16(13-19)6-11-24-20/h1-6,11-13,18,23-24H,7-10,14H2,(H2,22,26). The van der Waals surface area contributed by atoms with E-state index >= 15 is 0 Å². The Balaban J connectivity index is 1.68. The number of H-pyrrole nitrogens is 1. The molecule has 0 radical (unpaired) electrons. The Kier molecular flexibility index (Phi) is 4.63. The molecule has 0 spiro atoms. The number of fused-ring (bicyclic) bond motifs is 1. The number of hydrogen-bond donors (Lipinski definition) is 3. The van der Waals surface area contributed by atoms with Gasteiger partial charge in [-0.05, 0) is 67.9 Å². The van der Waals surface area contributed by atoms with Crippen molar-refractivity contribution in [1.82, 2.24) is 10.3 Å². The number of aromatic nitrogens is 1. The zero-order chi connectivity index (χ0) is 17.9. The minimum Gasteiger partial charge on any atom is -0.366 e. The molecule has 5 heteroatoms. The molecule has 2 aromatic carbocycles. The van der Waals surface area contributed by atoms with E-state index in [0.717, 1.165) is 43.6 Å². The minimum absolute atomic E-state index is 0.381. The van der Waals surface area contributed by atoms with E-state index in [-0.39, 0.29) is 5.91 Å².